The van der Waals surface area contributed by atoms with Crippen LogP contribution in [0.1, 0.15) is 78.9 Å². The van der Waals surface area contributed by atoms with E-state index in [0.29, 0.717) is 17.5 Å². The monoisotopic (exact) mass is 384 g/mol. The summed E-state index contributed by atoms with van der Waals surface area (Å²) in [5, 5.41) is 18.7. The number of benzene rings is 1. The van der Waals surface area contributed by atoms with E-state index < -0.39 is 31.9 Å². The Morgan fingerprint density at radius 3 is 1.77 bits per heavy atom. The minimum Gasteiger partial charge on any atom is -0.507 e. The lowest BCUT2D eigenvalue weighted by molar-refractivity contribution is -0.136. The van der Waals surface area contributed by atoms with Gasteiger partial charge in [0, 0.05) is 11.1 Å². The summed E-state index contributed by atoms with van der Waals surface area (Å²) in [6.07, 6.45) is 1.31. The molecule has 148 valence electrons. The van der Waals surface area contributed by atoms with Crippen LogP contribution in [0.15, 0.2) is 17.0 Å². The average Bonchev–Trinajstić information content (AvgIpc) is 2.44. The first-order chi connectivity index (χ1) is 11.6. The van der Waals surface area contributed by atoms with Crippen LogP contribution >= 0.6 is 0 Å². The molecule has 1 rings (SSSR count). The van der Waals surface area contributed by atoms with Crippen LogP contribution in [0.3, 0.4) is 0 Å². The van der Waals surface area contributed by atoms with E-state index in [1.165, 1.54) is 12.1 Å². The van der Waals surface area contributed by atoms with Crippen molar-refractivity contribution >= 4 is 15.8 Å². The molecule has 6 heteroatoms. The summed E-state index contributed by atoms with van der Waals surface area (Å²) in [4.78, 5) is 11.6. The molecule has 0 heterocycles. The third-order valence-corrected chi connectivity index (χ3v) is 6.58. The first kappa shape index (κ1) is 22.5. The van der Waals surface area contributed by atoms with Gasteiger partial charge in [0.2, 0.25) is 0 Å². The Hall–Kier alpha value is -1.56. The molecular weight excluding hydrogens is 352 g/mol. The van der Waals surface area contributed by atoms with Gasteiger partial charge >= 0.3 is 5.97 Å². The highest BCUT2D eigenvalue weighted by molar-refractivity contribution is 7.92. The molecule has 0 radical (unpaired) electrons. The van der Waals surface area contributed by atoms with Gasteiger partial charge < -0.3 is 10.2 Å². The number of hydrogen-bond donors (Lipinski definition) is 2. The van der Waals surface area contributed by atoms with Crippen molar-refractivity contribution in [1.29, 1.82) is 0 Å². The lowest BCUT2D eigenvalue weighted by Crippen LogP contribution is -2.31. The lowest BCUT2D eigenvalue weighted by Gasteiger charge is -2.28. The zero-order valence-corrected chi connectivity index (χ0v) is 17.7. The molecule has 0 aliphatic rings. The van der Waals surface area contributed by atoms with Crippen molar-refractivity contribution in [3.8, 4) is 5.75 Å². The molecule has 0 aliphatic carbocycles. The van der Waals surface area contributed by atoms with Crippen LogP contribution in [-0.4, -0.2) is 29.9 Å². The van der Waals surface area contributed by atoms with E-state index >= 15 is 0 Å². The SMILES string of the molecule is CCCC[C@@H](C(=O)O)S(=O)(=O)c1cc(C(C)(C)C)c(O)c(C(C)(C)C)c1. The molecule has 0 unspecified atom stereocenters. The summed E-state index contributed by atoms with van der Waals surface area (Å²) in [6, 6.07) is 2.86. The fourth-order valence-electron chi connectivity index (χ4n) is 2.88. The maximum absolute atomic E-state index is 13.1. The molecule has 1 aromatic carbocycles. The topological polar surface area (TPSA) is 91.7 Å². The quantitative estimate of drug-likeness (QED) is 0.758. The second kappa shape index (κ2) is 7.59. The summed E-state index contributed by atoms with van der Waals surface area (Å²) in [7, 11) is -4.07. The van der Waals surface area contributed by atoms with Gasteiger partial charge in [-0.2, -0.15) is 0 Å². The van der Waals surface area contributed by atoms with Gasteiger partial charge in [-0.1, -0.05) is 61.3 Å². The highest BCUT2D eigenvalue weighted by Gasteiger charge is 2.36. The highest BCUT2D eigenvalue weighted by atomic mass is 32.2. The maximum atomic E-state index is 13.1. The summed E-state index contributed by atoms with van der Waals surface area (Å²) in [6.45, 7) is 13.2. The van der Waals surface area contributed by atoms with E-state index in [1.54, 1.807) is 0 Å². The molecule has 0 spiro atoms. The first-order valence-electron chi connectivity index (χ1n) is 8.98. The molecule has 0 aromatic heterocycles. The third-order valence-electron chi connectivity index (χ3n) is 4.50. The number of sulfone groups is 1. The lowest BCUT2D eigenvalue weighted by atomic mass is 9.79. The number of aromatic hydroxyl groups is 1. The fourth-order valence-corrected chi connectivity index (χ4v) is 4.52. The molecule has 2 N–H and O–H groups in total. The van der Waals surface area contributed by atoms with Crippen molar-refractivity contribution in [3.63, 3.8) is 0 Å². The number of carbonyl (C=O) groups is 1. The number of phenolic OH excluding ortho intramolecular Hbond substituents is 1. The van der Waals surface area contributed by atoms with Crippen molar-refractivity contribution < 1.29 is 23.4 Å². The van der Waals surface area contributed by atoms with E-state index in [2.05, 4.69) is 0 Å². The highest BCUT2D eigenvalue weighted by Crippen LogP contribution is 2.41. The Labute approximate surface area is 157 Å². The van der Waals surface area contributed by atoms with Gasteiger partial charge in [-0.15, -0.1) is 0 Å². The standard InChI is InChI=1S/C20H32O5S/c1-8-9-10-16(18(22)23)26(24,25)13-11-14(19(2,3)4)17(21)15(12-13)20(5,6)7/h11-12,16,21H,8-10H2,1-7H3,(H,22,23)/t16-/m0/s1. The number of carboxylic acid groups (broad SMARTS) is 1. The van der Waals surface area contributed by atoms with E-state index in [9.17, 15) is 23.4 Å². The Balaban J connectivity index is 3.73. The molecule has 0 amide bonds. The van der Waals surface area contributed by atoms with E-state index in [-0.39, 0.29) is 17.1 Å². The van der Waals surface area contributed by atoms with Crippen molar-refractivity contribution in [1.82, 2.24) is 0 Å². The van der Waals surface area contributed by atoms with Gasteiger partial charge in [-0.25, -0.2) is 8.42 Å². The molecular formula is C20H32O5S. The predicted molar refractivity (Wildman–Crippen MR) is 104 cm³/mol. The average molecular weight is 385 g/mol. The number of phenols is 1. The Morgan fingerprint density at radius 1 is 1.04 bits per heavy atom. The van der Waals surface area contributed by atoms with Gasteiger partial charge in [0.15, 0.2) is 15.1 Å². The maximum Gasteiger partial charge on any atom is 0.322 e. The molecule has 0 aliphatic heterocycles. The van der Waals surface area contributed by atoms with E-state index in [4.69, 9.17) is 0 Å². The third kappa shape index (κ3) is 4.78. The van der Waals surface area contributed by atoms with Crippen molar-refractivity contribution in [2.45, 2.75) is 88.7 Å². The summed E-state index contributed by atoms with van der Waals surface area (Å²) < 4.78 is 26.2. The summed E-state index contributed by atoms with van der Waals surface area (Å²) in [5.74, 6) is -1.26. The normalized spacial score (nSPS) is 14.3. The minimum absolute atomic E-state index is 0.0337. The van der Waals surface area contributed by atoms with Crippen LogP contribution in [0, 0.1) is 0 Å². The van der Waals surface area contributed by atoms with Crippen LogP contribution in [-0.2, 0) is 25.5 Å². The number of unbranched alkanes of at least 4 members (excludes halogenated alkanes) is 1. The smallest absolute Gasteiger partial charge is 0.322 e. The molecule has 0 fully saturated rings. The molecule has 1 aromatic rings. The van der Waals surface area contributed by atoms with Gasteiger partial charge in [-0.05, 0) is 29.4 Å². The summed E-state index contributed by atoms with van der Waals surface area (Å²) in [5.41, 5.74) is 0.0291. The largest absolute Gasteiger partial charge is 0.507 e. The van der Waals surface area contributed by atoms with E-state index in [1.807, 2.05) is 48.5 Å². The second-order valence-corrected chi connectivity index (χ2v) is 11.0. The summed E-state index contributed by atoms with van der Waals surface area (Å²) >= 11 is 0. The molecule has 0 bridgehead atoms. The second-order valence-electron chi connectivity index (χ2n) is 8.88. The molecule has 1 atom stereocenters. The number of carboxylic acids is 1. The molecule has 26 heavy (non-hydrogen) atoms. The van der Waals surface area contributed by atoms with Crippen LogP contribution in [0.2, 0.25) is 0 Å². The van der Waals surface area contributed by atoms with Gasteiger partial charge in [0.1, 0.15) is 5.75 Å². The number of aliphatic carboxylic acids is 1. The van der Waals surface area contributed by atoms with Crippen LogP contribution < -0.4 is 0 Å². The van der Waals surface area contributed by atoms with Crippen LogP contribution in [0.5, 0.6) is 5.75 Å². The Kier molecular flexibility index (Phi) is 6.56. The zero-order valence-electron chi connectivity index (χ0n) is 16.9. The van der Waals surface area contributed by atoms with Gasteiger partial charge in [-0.3, -0.25) is 4.79 Å². The van der Waals surface area contributed by atoms with Crippen molar-refractivity contribution in [2.24, 2.45) is 0 Å². The van der Waals surface area contributed by atoms with Crippen LogP contribution in [0.25, 0.3) is 0 Å². The van der Waals surface area contributed by atoms with Crippen molar-refractivity contribution in [2.75, 3.05) is 0 Å². The fraction of sp³-hybridized carbons (Fsp3) is 0.650. The Morgan fingerprint density at radius 2 is 1.46 bits per heavy atom. The number of rotatable bonds is 6. The van der Waals surface area contributed by atoms with Gasteiger partial charge in [0.25, 0.3) is 0 Å². The zero-order chi connectivity index (χ0) is 20.5. The first-order valence-corrected chi connectivity index (χ1v) is 10.5. The molecule has 0 saturated heterocycles. The molecule has 5 nitrogen and oxygen atoms in total. The molecule has 0 saturated carbocycles. The predicted octanol–water partition coefficient (Wildman–Crippen LogP) is 4.40. The van der Waals surface area contributed by atoms with E-state index in [0.717, 1.165) is 6.42 Å². The Bertz CT molecular complexity index is 729. The minimum atomic E-state index is -4.07. The van der Waals surface area contributed by atoms with Gasteiger partial charge in [0.05, 0.1) is 4.90 Å². The van der Waals surface area contributed by atoms with Crippen LogP contribution in [0.4, 0.5) is 0 Å². The van der Waals surface area contributed by atoms with Crippen molar-refractivity contribution in [3.05, 3.63) is 23.3 Å². The number of hydrogen-bond acceptors (Lipinski definition) is 4.